The molecule has 0 amide bonds. The number of amidine groups is 1. The van der Waals surface area contributed by atoms with Gasteiger partial charge in [0, 0.05) is 13.1 Å². The van der Waals surface area contributed by atoms with E-state index in [9.17, 15) is 0 Å². The number of aliphatic hydroxyl groups is 2. The summed E-state index contributed by atoms with van der Waals surface area (Å²) < 4.78 is 0. The first kappa shape index (κ1) is 15.1. The lowest BCUT2D eigenvalue weighted by atomic mass is 10.2. The third-order valence-corrected chi connectivity index (χ3v) is 3.12. The van der Waals surface area contributed by atoms with Crippen LogP contribution in [0.5, 0.6) is 0 Å². The second kappa shape index (κ2) is 6.31. The van der Waals surface area contributed by atoms with Gasteiger partial charge in [0.25, 0.3) is 5.84 Å². The Morgan fingerprint density at radius 1 is 1.28 bits per heavy atom. The Kier molecular flexibility index (Phi) is 5.30. The lowest BCUT2D eigenvalue weighted by Crippen LogP contribution is -3.15. The number of rotatable bonds is 5. The van der Waals surface area contributed by atoms with Gasteiger partial charge >= 0.3 is 0 Å². The molecule has 0 fully saturated rings. The monoisotopic (exact) mass is 274 g/mol. The van der Waals surface area contributed by atoms with Crippen LogP contribution in [0.4, 0.5) is 0 Å². The minimum Gasteiger partial charge on any atom is -1.00 e. The molecular weight excluding hydrogens is 256 g/mol. The van der Waals surface area contributed by atoms with Crippen LogP contribution in [-0.2, 0) is 0 Å². The van der Waals surface area contributed by atoms with E-state index in [1.54, 1.807) is 6.20 Å². The number of hydrazine groups is 1. The van der Waals surface area contributed by atoms with Crippen LogP contribution >= 0.6 is 0 Å². The van der Waals surface area contributed by atoms with Crippen LogP contribution in [0.3, 0.4) is 0 Å². The first-order valence-corrected chi connectivity index (χ1v) is 5.77. The highest BCUT2D eigenvalue weighted by molar-refractivity contribution is 5.94. The van der Waals surface area contributed by atoms with Gasteiger partial charge in [0.05, 0.1) is 30.7 Å². The highest BCUT2D eigenvalue weighted by Crippen LogP contribution is 2.16. The Hall–Kier alpha value is -0.920. The fourth-order valence-electron chi connectivity index (χ4n) is 2.21. The second-order valence-electron chi connectivity index (χ2n) is 4.10. The number of halogens is 1. The third kappa shape index (κ3) is 2.43. The lowest BCUT2D eigenvalue weighted by Gasteiger charge is -2.33. The molecule has 0 saturated carbocycles. The van der Waals surface area contributed by atoms with Crippen LogP contribution < -0.4 is 17.4 Å². The molecule has 0 spiro atoms. The number of allylic oxidation sites excluding steroid dienone is 1. The van der Waals surface area contributed by atoms with Crippen molar-refractivity contribution in [2.75, 3.05) is 26.3 Å². The van der Waals surface area contributed by atoms with E-state index in [1.165, 1.54) is 0 Å². The van der Waals surface area contributed by atoms with Crippen LogP contribution in [0, 0.1) is 0 Å². The van der Waals surface area contributed by atoms with Gasteiger partial charge in [0.15, 0.2) is 0 Å². The molecule has 18 heavy (non-hydrogen) atoms. The average molecular weight is 275 g/mol. The zero-order valence-corrected chi connectivity index (χ0v) is 11.4. The van der Waals surface area contributed by atoms with Crippen molar-refractivity contribution in [2.24, 2.45) is 4.99 Å². The standard InChI is InChI=1S/C11H18N4O2.ClH/c1-9-10(2)15(13(5-7-16)6-8-17)14-4-3-12-11(9)14;/h3-4,16-17H,5-8H2,1-2H3;1H. The van der Waals surface area contributed by atoms with Crippen LogP contribution in [0.25, 0.3) is 0 Å². The van der Waals surface area contributed by atoms with Crippen molar-refractivity contribution in [3.8, 4) is 0 Å². The average Bonchev–Trinajstić information content (AvgIpc) is 2.85. The van der Waals surface area contributed by atoms with Crippen molar-refractivity contribution >= 4 is 5.84 Å². The van der Waals surface area contributed by atoms with E-state index < -0.39 is 0 Å². The van der Waals surface area contributed by atoms with Crippen molar-refractivity contribution < 1.29 is 27.6 Å². The largest absolute Gasteiger partial charge is 1.00 e. The van der Waals surface area contributed by atoms with Gasteiger partial charge in [-0.3, -0.25) is 0 Å². The molecule has 3 N–H and O–H groups in total. The maximum Gasteiger partial charge on any atom is 0.262 e. The number of quaternary nitrogens is 1. The zero-order valence-electron chi connectivity index (χ0n) is 10.6. The number of nitrogens with zero attached hydrogens (tertiary/aromatic N) is 3. The molecule has 0 aliphatic carbocycles. The Morgan fingerprint density at radius 2 is 1.89 bits per heavy atom. The van der Waals surface area contributed by atoms with Gasteiger partial charge in [0.2, 0.25) is 0 Å². The highest BCUT2D eigenvalue weighted by Gasteiger charge is 2.40. The smallest absolute Gasteiger partial charge is 0.262 e. The molecule has 2 aliphatic rings. The van der Waals surface area contributed by atoms with Crippen LogP contribution in [0.2, 0.25) is 0 Å². The van der Waals surface area contributed by atoms with Gasteiger partial charge < -0.3 is 22.6 Å². The molecule has 7 heteroatoms. The summed E-state index contributed by atoms with van der Waals surface area (Å²) in [5.41, 5.74) is 2.25. The van der Waals surface area contributed by atoms with E-state index in [2.05, 4.69) is 4.99 Å². The zero-order chi connectivity index (χ0) is 12.4. The predicted molar refractivity (Wildman–Crippen MR) is 63.5 cm³/mol. The van der Waals surface area contributed by atoms with Gasteiger partial charge in [0.1, 0.15) is 6.20 Å². The molecule has 0 aromatic heterocycles. The van der Waals surface area contributed by atoms with E-state index in [0.29, 0.717) is 13.1 Å². The molecule has 0 bridgehead atoms. The SMILES string of the molecule is CC1=C(C)N(N(CCO)CCO)[NH+]2C=CN=C12.[Cl-]. The molecule has 1 atom stereocenters. The Bertz CT molecular complexity index is 389. The van der Waals surface area contributed by atoms with Gasteiger partial charge in [-0.2, -0.15) is 10.0 Å². The number of hydrogen-bond donors (Lipinski definition) is 3. The molecule has 1 unspecified atom stereocenters. The number of fused-ring (bicyclic) bond motifs is 1. The summed E-state index contributed by atoms with van der Waals surface area (Å²) >= 11 is 0. The minimum atomic E-state index is 0. The summed E-state index contributed by atoms with van der Waals surface area (Å²) in [5.74, 6) is 0.989. The number of aliphatic hydroxyl groups excluding tert-OH is 2. The van der Waals surface area contributed by atoms with Gasteiger partial charge in [-0.1, -0.05) is 0 Å². The molecule has 0 aromatic carbocycles. The molecule has 2 heterocycles. The molecule has 0 radical (unpaired) electrons. The maximum absolute atomic E-state index is 9.09. The molecule has 6 nitrogen and oxygen atoms in total. The quantitative estimate of drug-likeness (QED) is 0.473. The highest BCUT2D eigenvalue weighted by atomic mass is 35.5. The van der Waals surface area contributed by atoms with Crippen molar-refractivity contribution in [3.63, 3.8) is 0 Å². The van der Waals surface area contributed by atoms with Crippen molar-refractivity contribution in [2.45, 2.75) is 13.8 Å². The molecular formula is C11H19ClN4O2. The third-order valence-electron chi connectivity index (χ3n) is 3.12. The van der Waals surface area contributed by atoms with E-state index in [0.717, 1.165) is 22.1 Å². The molecule has 0 saturated heterocycles. The van der Waals surface area contributed by atoms with E-state index >= 15 is 0 Å². The Balaban J connectivity index is 0.00000162. The van der Waals surface area contributed by atoms with Crippen molar-refractivity contribution in [3.05, 3.63) is 23.7 Å². The Labute approximate surface area is 113 Å². The second-order valence-corrected chi connectivity index (χ2v) is 4.10. The van der Waals surface area contributed by atoms with Crippen molar-refractivity contribution in [1.82, 2.24) is 10.1 Å². The summed E-state index contributed by atoms with van der Waals surface area (Å²) in [7, 11) is 0. The minimum absolute atomic E-state index is 0. The molecule has 2 aliphatic heterocycles. The normalized spacial score (nSPS) is 21.5. The number of nitrogens with one attached hydrogen (secondary N) is 1. The van der Waals surface area contributed by atoms with Crippen LogP contribution in [-0.4, -0.2) is 52.5 Å². The summed E-state index contributed by atoms with van der Waals surface area (Å²) in [6.45, 7) is 5.18. The first-order chi connectivity index (χ1) is 8.20. The summed E-state index contributed by atoms with van der Waals surface area (Å²) in [4.78, 5) is 4.33. The molecule has 102 valence electrons. The summed E-state index contributed by atoms with van der Waals surface area (Å²) in [5, 5.41) is 23.2. The van der Waals surface area contributed by atoms with Gasteiger partial charge in [-0.05, 0) is 13.8 Å². The topological polar surface area (TPSA) is 63.7 Å². The van der Waals surface area contributed by atoms with Gasteiger partial charge in [-0.15, -0.1) is 10.1 Å². The summed E-state index contributed by atoms with van der Waals surface area (Å²) in [6, 6.07) is 0. The molecule has 2 rings (SSSR count). The Morgan fingerprint density at radius 3 is 2.44 bits per heavy atom. The van der Waals surface area contributed by atoms with Crippen LogP contribution in [0.1, 0.15) is 13.8 Å². The fourth-order valence-corrected chi connectivity index (χ4v) is 2.21. The van der Waals surface area contributed by atoms with E-state index in [4.69, 9.17) is 10.2 Å². The van der Waals surface area contributed by atoms with E-state index in [-0.39, 0.29) is 25.6 Å². The summed E-state index contributed by atoms with van der Waals surface area (Å²) in [6.07, 6.45) is 3.74. The molecule has 0 aromatic rings. The van der Waals surface area contributed by atoms with Crippen molar-refractivity contribution in [1.29, 1.82) is 0 Å². The predicted octanol–water partition coefficient (Wildman–Crippen LogP) is -4.52. The van der Waals surface area contributed by atoms with Gasteiger partial charge in [-0.25, -0.2) is 0 Å². The van der Waals surface area contributed by atoms with Crippen LogP contribution in [0.15, 0.2) is 28.7 Å². The number of aliphatic imine (C=N–C) groups is 1. The first-order valence-electron chi connectivity index (χ1n) is 5.77. The maximum atomic E-state index is 9.09. The fraction of sp³-hybridized carbons (Fsp3) is 0.545. The van der Waals surface area contributed by atoms with E-state index in [1.807, 2.05) is 30.2 Å². The number of hydrogen-bond acceptors (Lipinski definition) is 5. The lowest BCUT2D eigenvalue weighted by molar-refractivity contribution is -0.899.